The van der Waals surface area contributed by atoms with Gasteiger partial charge in [0.2, 0.25) is 6.79 Å². The summed E-state index contributed by atoms with van der Waals surface area (Å²) in [5.74, 6) is 2.50. The zero-order chi connectivity index (χ0) is 12.5. The van der Waals surface area contributed by atoms with Crippen LogP contribution in [0.25, 0.3) is 0 Å². The van der Waals surface area contributed by atoms with Crippen molar-refractivity contribution in [3.05, 3.63) is 41.5 Å². The Kier molecular flexibility index (Phi) is 2.68. The fraction of sp³-hybridized carbons (Fsp3) is 0.308. The fourth-order valence-corrected chi connectivity index (χ4v) is 2.29. The monoisotopic (exact) mass is 245 g/mol. The molecule has 1 aliphatic rings. The minimum absolute atomic E-state index is 0.0505. The Morgan fingerprint density at radius 2 is 2.17 bits per heavy atom. The number of imidazole rings is 1. The van der Waals surface area contributed by atoms with Gasteiger partial charge in [-0.2, -0.15) is 0 Å². The second-order valence-corrected chi connectivity index (χ2v) is 4.32. The maximum Gasteiger partial charge on any atom is 0.231 e. The first-order valence-corrected chi connectivity index (χ1v) is 5.89. The van der Waals surface area contributed by atoms with E-state index in [1.807, 2.05) is 19.1 Å². The molecule has 0 aliphatic carbocycles. The summed E-state index contributed by atoms with van der Waals surface area (Å²) in [6.07, 6.45) is 3.54. The molecule has 0 amide bonds. The van der Waals surface area contributed by atoms with Gasteiger partial charge in [-0.1, -0.05) is 0 Å². The third kappa shape index (κ3) is 1.73. The first-order chi connectivity index (χ1) is 8.79. The van der Waals surface area contributed by atoms with E-state index in [4.69, 9.17) is 15.2 Å². The average molecular weight is 245 g/mol. The molecule has 0 saturated carbocycles. The Hall–Kier alpha value is -2.01. The summed E-state index contributed by atoms with van der Waals surface area (Å²) in [6, 6.07) is 3.99. The Morgan fingerprint density at radius 3 is 2.83 bits per heavy atom. The molecule has 0 bridgehead atoms. The molecule has 0 fully saturated rings. The molecule has 1 atom stereocenters. The quantitative estimate of drug-likeness (QED) is 0.860. The van der Waals surface area contributed by atoms with Gasteiger partial charge in [-0.25, -0.2) is 4.98 Å². The molecule has 5 nitrogen and oxygen atoms in total. The second-order valence-electron chi connectivity index (χ2n) is 4.32. The van der Waals surface area contributed by atoms with Crippen LogP contribution in [0.5, 0.6) is 11.5 Å². The molecule has 0 spiro atoms. The predicted octanol–water partition coefficient (Wildman–Crippen LogP) is 1.54. The van der Waals surface area contributed by atoms with Crippen LogP contribution in [0.15, 0.2) is 24.5 Å². The Balaban J connectivity index is 2.05. The summed E-state index contributed by atoms with van der Waals surface area (Å²) in [7, 11) is 0. The van der Waals surface area contributed by atoms with Gasteiger partial charge in [0.1, 0.15) is 5.82 Å². The van der Waals surface area contributed by atoms with Crippen molar-refractivity contribution in [2.75, 3.05) is 13.3 Å². The normalized spacial score (nSPS) is 14.8. The summed E-state index contributed by atoms with van der Waals surface area (Å²) in [4.78, 5) is 7.41. The zero-order valence-corrected chi connectivity index (χ0v) is 10.1. The van der Waals surface area contributed by atoms with Crippen LogP contribution < -0.4 is 15.2 Å². The number of nitrogens with one attached hydrogen (secondary N) is 1. The van der Waals surface area contributed by atoms with E-state index in [0.29, 0.717) is 6.54 Å². The molecule has 2 heterocycles. The Morgan fingerprint density at radius 1 is 1.39 bits per heavy atom. The van der Waals surface area contributed by atoms with Crippen molar-refractivity contribution in [3.63, 3.8) is 0 Å². The first kappa shape index (κ1) is 11.1. The second kappa shape index (κ2) is 4.34. The summed E-state index contributed by atoms with van der Waals surface area (Å²) in [6.45, 7) is 2.82. The number of ether oxygens (including phenoxy) is 2. The number of H-pyrrole nitrogens is 1. The van der Waals surface area contributed by atoms with Crippen molar-refractivity contribution in [3.8, 4) is 11.5 Å². The number of aromatic amines is 1. The lowest BCUT2D eigenvalue weighted by Crippen LogP contribution is -2.16. The van der Waals surface area contributed by atoms with E-state index in [2.05, 4.69) is 9.97 Å². The predicted molar refractivity (Wildman–Crippen MR) is 66.8 cm³/mol. The van der Waals surface area contributed by atoms with E-state index >= 15 is 0 Å². The van der Waals surface area contributed by atoms with E-state index in [-0.39, 0.29) is 12.7 Å². The number of nitrogens with two attached hydrogens (primary N) is 1. The van der Waals surface area contributed by atoms with Crippen LogP contribution in [0.3, 0.4) is 0 Å². The van der Waals surface area contributed by atoms with Gasteiger partial charge in [0.25, 0.3) is 0 Å². The maximum absolute atomic E-state index is 5.88. The lowest BCUT2D eigenvalue weighted by molar-refractivity contribution is 0.174. The highest BCUT2D eigenvalue weighted by Crippen LogP contribution is 2.37. The Labute approximate surface area is 105 Å². The summed E-state index contributed by atoms with van der Waals surface area (Å²) < 4.78 is 10.8. The van der Waals surface area contributed by atoms with Crippen molar-refractivity contribution in [1.29, 1.82) is 0 Å². The van der Waals surface area contributed by atoms with Crippen LogP contribution in [0.4, 0.5) is 0 Å². The van der Waals surface area contributed by atoms with Gasteiger partial charge in [0, 0.05) is 18.9 Å². The highest BCUT2D eigenvalue weighted by Gasteiger charge is 2.22. The van der Waals surface area contributed by atoms with Gasteiger partial charge in [0.05, 0.1) is 5.92 Å². The molecule has 3 N–H and O–H groups in total. The van der Waals surface area contributed by atoms with Crippen LogP contribution in [-0.4, -0.2) is 23.3 Å². The molecule has 0 saturated heterocycles. The minimum Gasteiger partial charge on any atom is -0.454 e. The van der Waals surface area contributed by atoms with Gasteiger partial charge in [-0.3, -0.25) is 0 Å². The number of aromatic nitrogens is 2. The first-order valence-electron chi connectivity index (χ1n) is 5.89. The molecule has 3 rings (SSSR count). The van der Waals surface area contributed by atoms with Crippen LogP contribution in [0.1, 0.15) is 22.9 Å². The number of hydrogen-bond acceptors (Lipinski definition) is 4. The molecule has 5 heteroatoms. The van der Waals surface area contributed by atoms with Crippen molar-refractivity contribution in [2.45, 2.75) is 12.8 Å². The van der Waals surface area contributed by atoms with E-state index in [0.717, 1.165) is 28.5 Å². The highest BCUT2D eigenvalue weighted by molar-refractivity contribution is 5.50. The number of benzene rings is 1. The molecule has 1 aliphatic heterocycles. The van der Waals surface area contributed by atoms with Crippen LogP contribution in [0.2, 0.25) is 0 Å². The Bertz CT molecular complexity index is 552. The molecule has 1 aromatic heterocycles. The molecular weight excluding hydrogens is 230 g/mol. The van der Waals surface area contributed by atoms with Crippen molar-refractivity contribution >= 4 is 0 Å². The molecule has 94 valence electrons. The molecule has 1 unspecified atom stereocenters. The van der Waals surface area contributed by atoms with Gasteiger partial charge in [-0.05, 0) is 30.2 Å². The lowest BCUT2D eigenvalue weighted by Gasteiger charge is -2.16. The standard InChI is InChI=1S/C13H15N3O2/c1-8-4-11-12(18-7-17-11)5-9(8)10(6-14)13-15-2-3-16-13/h2-5,10H,6-7,14H2,1H3,(H,15,16). The minimum atomic E-state index is 0.0505. The number of rotatable bonds is 3. The lowest BCUT2D eigenvalue weighted by atomic mass is 9.93. The highest BCUT2D eigenvalue weighted by atomic mass is 16.7. The summed E-state index contributed by atoms with van der Waals surface area (Å²) in [5, 5.41) is 0. The topological polar surface area (TPSA) is 73.2 Å². The van der Waals surface area contributed by atoms with Crippen molar-refractivity contribution in [1.82, 2.24) is 9.97 Å². The maximum atomic E-state index is 5.88. The molecule has 1 aromatic carbocycles. The van der Waals surface area contributed by atoms with E-state index in [1.165, 1.54) is 0 Å². The average Bonchev–Trinajstić information content (AvgIpc) is 3.01. The van der Waals surface area contributed by atoms with Crippen LogP contribution in [0, 0.1) is 6.92 Å². The van der Waals surface area contributed by atoms with Gasteiger partial charge in [0.15, 0.2) is 11.5 Å². The van der Waals surface area contributed by atoms with Crippen LogP contribution in [-0.2, 0) is 0 Å². The third-order valence-corrected chi connectivity index (χ3v) is 3.22. The number of nitrogens with zero attached hydrogens (tertiary/aromatic N) is 1. The number of fused-ring (bicyclic) bond motifs is 1. The number of aryl methyl sites for hydroxylation is 1. The SMILES string of the molecule is Cc1cc2c(cc1C(CN)c1ncc[nH]1)OCO2. The van der Waals surface area contributed by atoms with Crippen molar-refractivity contribution < 1.29 is 9.47 Å². The van der Waals surface area contributed by atoms with E-state index in [9.17, 15) is 0 Å². The summed E-state index contributed by atoms with van der Waals surface area (Å²) in [5.41, 5.74) is 8.13. The molecular formula is C13H15N3O2. The largest absolute Gasteiger partial charge is 0.454 e. The van der Waals surface area contributed by atoms with E-state index < -0.39 is 0 Å². The van der Waals surface area contributed by atoms with Gasteiger partial charge >= 0.3 is 0 Å². The fourth-order valence-electron chi connectivity index (χ4n) is 2.29. The molecule has 18 heavy (non-hydrogen) atoms. The number of hydrogen-bond donors (Lipinski definition) is 2. The smallest absolute Gasteiger partial charge is 0.231 e. The molecule has 0 radical (unpaired) electrons. The third-order valence-electron chi connectivity index (χ3n) is 3.22. The van der Waals surface area contributed by atoms with Gasteiger partial charge in [-0.15, -0.1) is 0 Å². The molecule has 2 aromatic rings. The zero-order valence-electron chi connectivity index (χ0n) is 10.1. The van der Waals surface area contributed by atoms with Crippen molar-refractivity contribution in [2.24, 2.45) is 5.73 Å². The van der Waals surface area contributed by atoms with Crippen LogP contribution >= 0.6 is 0 Å². The van der Waals surface area contributed by atoms with E-state index in [1.54, 1.807) is 12.4 Å². The summed E-state index contributed by atoms with van der Waals surface area (Å²) >= 11 is 0. The van der Waals surface area contributed by atoms with Gasteiger partial charge < -0.3 is 20.2 Å².